The van der Waals surface area contributed by atoms with E-state index in [2.05, 4.69) is 44.0 Å². The molecule has 0 saturated heterocycles. The molecular formula is C11H17NO. The van der Waals surface area contributed by atoms with Gasteiger partial charge in [0.25, 0.3) is 0 Å². The molecule has 72 valence electrons. The van der Waals surface area contributed by atoms with Crippen molar-refractivity contribution in [3.8, 4) is 5.75 Å². The highest BCUT2D eigenvalue weighted by Crippen LogP contribution is 2.27. The van der Waals surface area contributed by atoms with Gasteiger partial charge in [0, 0.05) is 13.6 Å². The van der Waals surface area contributed by atoms with Gasteiger partial charge in [0.05, 0.1) is 12.8 Å². The first-order valence-electron chi connectivity index (χ1n) is 4.54. The monoisotopic (exact) mass is 179 g/mol. The second kappa shape index (κ2) is 4.17. The molecule has 2 nitrogen and oxygen atoms in total. The average Bonchev–Trinajstić information content (AvgIpc) is 2.16. The van der Waals surface area contributed by atoms with Crippen LogP contribution in [0.3, 0.4) is 0 Å². The molecule has 0 aromatic heterocycles. The lowest BCUT2D eigenvalue weighted by atomic mass is 10.2. The highest BCUT2D eigenvalue weighted by atomic mass is 16.5. The van der Waals surface area contributed by atoms with E-state index >= 15 is 0 Å². The van der Waals surface area contributed by atoms with E-state index in [4.69, 9.17) is 4.74 Å². The molecule has 0 atom stereocenters. The molecular weight excluding hydrogens is 162 g/mol. The van der Waals surface area contributed by atoms with Gasteiger partial charge >= 0.3 is 0 Å². The number of methoxy groups -OCH3 is 1. The molecule has 1 rings (SSSR count). The van der Waals surface area contributed by atoms with Crippen LogP contribution in [-0.4, -0.2) is 20.7 Å². The minimum atomic E-state index is 0.948. The van der Waals surface area contributed by atoms with E-state index in [9.17, 15) is 0 Å². The van der Waals surface area contributed by atoms with E-state index in [1.807, 2.05) is 0 Å². The van der Waals surface area contributed by atoms with Crippen LogP contribution in [0.1, 0.15) is 12.5 Å². The summed E-state index contributed by atoms with van der Waals surface area (Å²) >= 11 is 0. The van der Waals surface area contributed by atoms with Crippen LogP contribution in [-0.2, 0) is 0 Å². The van der Waals surface area contributed by atoms with Crippen molar-refractivity contribution in [3.05, 3.63) is 23.8 Å². The summed E-state index contributed by atoms with van der Waals surface area (Å²) < 4.78 is 5.31. The van der Waals surface area contributed by atoms with Crippen LogP contribution in [0.15, 0.2) is 18.2 Å². The van der Waals surface area contributed by atoms with Crippen molar-refractivity contribution >= 4 is 5.69 Å². The normalized spacial score (nSPS) is 9.85. The third kappa shape index (κ3) is 2.14. The summed E-state index contributed by atoms with van der Waals surface area (Å²) in [5.41, 5.74) is 2.38. The molecule has 1 aromatic rings. The van der Waals surface area contributed by atoms with Crippen molar-refractivity contribution in [1.82, 2.24) is 0 Å². The molecule has 2 heteroatoms. The Morgan fingerprint density at radius 1 is 1.38 bits per heavy atom. The van der Waals surface area contributed by atoms with Crippen molar-refractivity contribution < 1.29 is 4.74 Å². The average molecular weight is 179 g/mol. The number of anilines is 1. The zero-order chi connectivity index (χ0) is 9.84. The smallest absolute Gasteiger partial charge is 0.142 e. The molecule has 0 aliphatic rings. The second-order valence-electron chi connectivity index (χ2n) is 3.19. The van der Waals surface area contributed by atoms with Gasteiger partial charge in [-0.1, -0.05) is 6.07 Å². The fourth-order valence-electron chi connectivity index (χ4n) is 1.27. The number of hydrogen-bond acceptors (Lipinski definition) is 2. The molecule has 13 heavy (non-hydrogen) atoms. The topological polar surface area (TPSA) is 12.5 Å². The van der Waals surface area contributed by atoms with E-state index in [0.29, 0.717) is 0 Å². The molecule has 1 aromatic carbocycles. The Morgan fingerprint density at radius 2 is 2.08 bits per heavy atom. The first kappa shape index (κ1) is 9.90. The summed E-state index contributed by atoms with van der Waals surface area (Å²) in [6.45, 7) is 5.18. The van der Waals surface area contributed by atoms with Crippen LogP contribution < -0.4 is 9.64 Å². The van der Waals surface area contributed by atoms with Gasteiger partial charge in [-0.3, -0.25) is 0 Å². The number of ether oxygens (including phenoxy) is 1. The lowest BCUT2D eigenvalue weighted by molar-refractivity contribution is 0.414. The Kier molecular flexibility index (Phi) is 3.18. The predicted octanol–water partition coefficient (Wildman–Crippen LogP) is 2.46. The maximum absolute atomic E-state index is 5.31. The predicted molar refractivity (Wildman–Crippen MR) is 56.7 cm³/mol. The fourth-order valence-corrected chi connectivity index (χ4v) is 1.27. The summed E-state index contributed by atoms with van der Waals surface area (Å²) in [7, 11) is 3.77. The molecule has 0 saturated carbocycles. The van der Waals surface area contributed by atoms with E-state index in [-0.39, 0.29) is 0 Å². The Hall–Kier alpha value is -1.18. The van der Waals surface area contributed by atoms with Crippen molar-refractivity contribution in [2.75, 3.05) is 25.6 Å². The summed E-state index contributed by atoms with van der Waals surface area (Å²) in [6.07, 6.45) is 0. The van der Waals surface area contributed by atoms with Crippen LogP contribution in [0.25, 0.3) is 0 Å². The summed E-state index contributed by atoms with van der Waals surface area (Å²) in [5, 5.41) is 0. The third-order valence-corrected chi connectivity index (χ3v) is 2.22. The number of hydrogen-bond donors (Lipinski definition) is 0. The van der Waals surface area contributed by atoms with E-state index in [1.54, 1.807) is 7.11 Å². The van der Waals surface area contributed by atoms with E-state index in [0.717, 1.165) is 18.0 Å². The van der Waals surface area contributed by atoms with Crippen LogP contribution in [0.4, 0.5) is 5.69 Å². The van der Waals surface area contributed by atoms with Gasteiger partial charge in [-0.25, -0.2) is 0 Å². The standard InChI is InChI=1S/C11H17NO/c1-5-12(3)10-7-6-9(2)8-11(10)13-4/h6-8H,5H2,1-4H3. The van der Waals surface area contributed by atoms with Gasteiger partial charge in [0.1, 0.15) is 5.75 Å². The van der Waals surface area contributed by atoms with Gasteiger partial charge in [-0.2, -0.15) is 0 Å². The number of benzene rings is 1. The Morgan fingerprint density at radius 3 is 2.62 bits per heavy atom. The molecule has 0 radical (unpaired) electrons. The zero-order valence-electron chi connectivity index (χ0n) is 8.79. The lowest BCUT2D eigenvalue weighted by Gasteiger charge is -2.19. The molecule has 0 N–H and O–H groups in total. The van der Waals surface area contributed by atoms with Gasteiger partial charge in [0.2, 0.25) is 0 Å². The Labute approximate surface area is 80.1 Å². The van der Waals surface area contributed by atoms with Crippen molar-refractivity contribution in [2.24, 2.45) is 0 Å². The fraction of sp³-hybridized carbons (Fsp3) is 0.455. The second-order valence-corrected chi connectivity index (χ2v) is 3.19. The van der Waals surface area contributed by atoms with E-state index < -0.39 is 0 Å². The van der Waals surface area contributed by atoms with E-state index in [1.165, 1.54) is 5.56 Å². The van der Waals surface area contributed by atoms with Gasteiger partial charge in [0.15, 0.2) is 0 Å². The molecule has 0 amide bonds. The highest BCUT2D eigenvalue weighted by Gasteiger charge is 2.05. The molecule has 0 spiro atoms. The highest BCUT2D eigenvalue weighted by molar-refractivity contribution is 5.59. The molecule has 0 aliphatic heterocycles. The zero-order valence-corrected chi connectivity index (χ0v) is 8.79. The Bertz CT molecular complexity index is 283. The van der Waals surface area contributed by atoms with Crippen molar-refractivity contribution in [1.29, 1.82) is 0 Å². The molecule has 0 bridgehead atoms. The van der Waals surface area contributed by atoms with Crippen LogP contribution in [0.5, 0.6) is 5.75 Å². The maximum atomic E-state index is 5.31. The number of rotatable bonds is 3. The SMILES string of the molecule is CCN(C)c1ccc(C)cc1OC. The maximum Gasteiger partial charge on any atom is 0.142 e. The quantitative estimate of drug-likeness (QED) is 0.706. The summed E-state index contributed by atoms with van der Waals surface area (Å²) in [6, 6.07) is 6.25. The molecule has 0 aliphatic carbocycles. The summed E-state index contributed by atoms with van der Waals surface area (Å²) in [4.78, 5) is 2.16. The van der Waals surface area contributed by atoms with Crippen molar-refractivity contribution in [3.63, 3.8) is 0 Å². The number of nitrogens with zero attached hydrogens (tertiary/aromatic N) is 1. The van der Waals surface area contributed by atoms with Gasteiger partial charge in [-0.15, -0.1) is 0 Å². The van der Waals surface area contributed by atoms with Crippen molar-refractivity contribution in [2.45, 2.75) is 13.8 Å². The molecule has 0 heterocycles. The van der Waals surface area contributed by atoms with Gasteiger partial charge < -0.3 is 9.64 Å². The first-order valence-corrected chi connectivity index (χ1v) is 4.54. The lowest BCUT2D eigenvalue weighted by Crippen LogP contribution is -2.16. The van der Waals surface area contributed by atoms with Crippen LogP contribution in [0.2, 0.25) is 0 Å². The minimum absolute atomic E-state index is 0.948. The third-order valence-electron chi connectivity index (χ3n) is 2.22. The summed E-state index contributed by atoms with van der Waals surface area (Å²) in [5.74, 6) is 0.948. The molecule has 0 unspecified atom stereocenters. The minimum Gasteiger partial charge on any atom is -0.495 e. The largest absolute Gasteiger partial charge is 0.495 e. The first-order chi connectivity index (χ1) is 6.19. The van der Waals surface area contributed by atoms with Crippen LogP contribution >= 0.6 is 0 Å². The van der Waals surface area contributed by atoms with Crippen LogP contribution in [0, 0.1) is 6.92 Å². The number of aryl methyl sites for hydroxylation is 1. The van der Waals surface area contributed by atoms with Gasteiger partial charge in [-0.05, 0) is 31.5 Å². The Balaban J connectivity index is 3.05. The molecule has 0 fully saturated rings.